The lowest BCUT2D eigenvalue weighted by Crippen LogP contribution is -2.39. The zero-order valence-corrected chi connectivity index (χ0v) is 10.8. The van der Waals surface area contributed by atoms with Gasteiger partial charge in [-0.05, 0) is 19.4 Å². The number of carbonyl (C=O) groups excluding carboxylic acids is 1. The van der Waals surface area contributed by atoms with Gasteiger partial charge < -0.3 is 11.1 Å². The van der Waals surface area contributed by atoms with Crippen molar-refractivity contribution in [3.05, 3.63) is 34.1 Å². The van der Waals surface area contributed by atoms with Crippen molar-refractivity contribution in [1.29, 1.82) is 0 Å². The van der Waals surface area contributed by atoms with Crippen molar-refractivity contribution >= 4 is 17.3 Å². The van der Waals surface area contributed by atoms with E-state index in [9.17, 15) is 19.3 Å². The Kier molecular flexibility index (Phi) is 4.55. The molecule has 0 fully saturated rings. The van der Waals surface area contributed by atoms with Gasteiger partial charge >= 0.3 is 0 Å². The summed E-state index contributed by atoms with van der Waals surface area (Å²) in [5.74, 6) is -1.19. The Bertz CT molecular complexity index is 501. The van der Waals surface area contributed by atoms with Crippen LogP contribution in [0.1, 0.15) is 20.3 Å². The number of carbonyl (C=O) groups is 1. The molecule has 1 rings (SSSR count). The second-order valence-corrected chi connectivity index (χ2v) is 4.49. The molecule has 7 heteroatoms. The molecule has 1 aromatic carbocycles. The molecule has 0 spiro atoms. The number of nitrogens with two attached hydrogens (primary N) is 1. The summed E-state index contributed by atoms with van der Waals surface area (Å²) in [4.78, 5) is 22.0. The highest BCUT2D eigenvalue weighted by Gasteiger charge is 2.30. The van der Waals surface area contributed by atoms with E-state index >= 15 is 0 Å². The van der Waals surface area contributed by atoms with Gasteiger partial charge in [-0.25, -0.2) is 4.39 Å². The minimum atomic E-state index is -0.836. The van der Waals surface area contributed by atoms with Crippen molar-refractivity contribution in [1.82, 2.24) is 0 Å². The molecule has 0 saturated carbocycles. The molecule has 0 aliphatic rings. The number of benzene rings is 1. The van der Waals surface area contributed by atoms with Crippen LogP contribution in [0.5, 0.6) is 0 Å². The highest BCUT2D eigenvalue weighted by atomic mass is 19.1. The van der Waals surface area contributed by atoms with Crippen LogP contribution in [0.4, 0.5) is 15.8 Å². The fourth-order valence-electron chi connectivity index (χ4n) is 1.39. The van der Waals surface area contributed by atoms with Gasteiger partial charge in [0.2, 0.25) is 5.91 Å². The molecule has 0 bridgehead atoms. The number of hydrogen-bond acceptors (Lipinski definition) is 4. The number of rotatable bonds is 5. The van der Waals surface area contributed by atoms with E-state index in [2.05, 4.69) is 5.32 Å². The first-order chi connectivity index (χ1) is 8.84. The summed E-state index contributed by atoms with van der Waals surface area (Å²) in [6, 6.07) is 2.96. The summed E-state index contributed by atoms with van der Waals surface area (Å²) in [5.41, 5.74) is 4.18. The average molecular weight is 269 g/mol. The molecule has 0 heterocycles. The van der Waals surface area contributed by atoms with E-state index in [4.69, 9.17) is 5.73 Å². The van der Waals surface area contributed by atoms with Gasteiger partial charge in [0.15, 0.2) is 0 Å². The standard InChI is InChI=1S/C12H16FN3O3/c1-3-12(2,7-14)11(17)15-10-6-8(16(18)19)4-5-9(10)13/h4-6H,3,7,14H2,1-2H3,(H,15,17). The minimum Gasteiger partial charge on any atom is -0.329 e. The number of anilines is 1. The van der Waals surface area contributed by atoms with E-state index in [1.807, 2.05) is 0 Å². The maximum absolute atomic E-state index is 13.5. The number of amides is 1. The topological polar surface area (TPSA) is 98.3 Å². The molecule has 0 aliphatic heterocycles. The number of non-ortho nitro benzene ring substituents is 1. The van der Waals surface area contributed by atoms with E-state index < -0.39 is 22.1 Å². The minimum absolute atomic E-state index is 0.103. The summed E-state index contributed by atoms with van der Waals surface area (Å²) in [7, 11) is 0. The average Bonchev–Trinajstić information content (AvgIpc) is 2.39. The molecule has 0 aliphatic carbocycles. The van der Waals surface area contributed by atoms with Crippen LogP contribution in [0.25, 0.3) is 0 Å². The van der Waals surface area contributed by atoms with E-state index in [1.165, 1.54) is 0 Å². The van der Waals surface area contributed by atoms with Gasteiger partial charge in [-0.1, -0.05) is 6.92 Å². The molecule has 6 nitrogen and oxygen atoms in total. The van der Waals surface area contributed by atoms with Crippen LogP contribution >= 0.6 is 0 Å². The summed E-state index contributed by atoms with van der Waals surface area (Å²) in [6.45, 7) is 3.54. The third-order valence-electron chi connectivity index (χ3n) is 3.19. The van der Waals surface area contributed by atoms with Gasteiger partial charge in [-0.15, -0.1) is 0 Å². The van der Waals surface area contributed by atoms with Crippen LogP contribution in [0.2, 0.25) is 0 Å². The van der Waals surface area contributed by atoms with Crippen LogP contribution < -0.4 is 11.1 Å². The van der Waals surface area contributed by atoms with E-state index in [0.29, 0.717) is 6.42 Å². The van der Waals surface area contributed by atoms with Crippen LogP contribution in [-0.2, 0) is 4.79 Å². The third-order valence-corrected chi connectivity index (χ3v) is 3.19. The number of nitrogens with one attached hydrogen (secondary N) is 1. The van der Waals surface area contributed by atoms with Crippen molar-refractivity contribution < 1.29 is 14.1 Å². The lowest BCUT2D eigenvalue weighted by atomic mass is 9.86. The molecule has 0 saturated heterocycles. The fourth-order valence-corrected chi connectivity index (χ4v) is 1.39. The van der Waals surface area contributed by atoms with Gasteiger partial charge in [-0.2, -0.15) is 0 Å². The quantitative estimate of drug-likeness (QED) is 0.631. The summed E-state index contributed by atoms with van der Waals surface area (Å²) in [6.07, 6.45) is 0.478. The Morgan fingerprint density at radius 1 is 1.58 bits per heavy atom. The molecule has 104 valence electrons. The smallest absolute Gasteiger partial charge is 0.271 e. The SMILES string of the molecule is CCC(C)(CN)C(=O)Nc1cc([N+](=O)[O-])ccc1F. The molecular formula is C12H16FN3O3. The number of nitro benzene ring substituents is 1. The third kappa shape index (κ3) is 3.25. The largest absolute Gasteiger partial charge is 0.329 e. The van der Waals surface area contributed by atoms with Gasteiger partial charge in [0.1, 0.15) is 5.82 Å². The summed E-state index contributed by atoms with van der Waals surface area (Å²) >= 11 is 0. The second-order valence-electron chi connectivity index (χ2n) is 4.49. The monoisotopic (exact) mass is 269 g/mol. The molecule has 1 atom stereocenters. The van der Waals surface area contributed by atoms with Crippen molar-refractivity contribution in [3.8, 4) is 0 Å². The van der Waals surface area contributed by atoms with E-state index in [0.717, 1.165) is 18.2 Å². The first-order valence-electron chi connectivity index (χ1n) is 5.79. The van der Waals surface area contributed by atoms with E-state index in [-0.39, 0.29) is 17.9 Å². The molecule has 1 aromatic rings. The predicted molar refractivity (Wildman–Crippen MR) is 69.1 cm³/mol. The van der Waals surface area contributed by atoms with Crippen molar-refractivity contribution in [2.45, 2.75) is 20.3 Å². The fraction of sp³-hybridized carbons (Fsp3) is 0.417. The molecule has 0 aromatic heterocycles. The number of nitro groups is 1. The van der Waals surface area contributed by atoms with Crippen molar-refractivity contribution in [2.24, 2.45) is 11.1 Å². The maximum atomic E-state index is 13.5. The van der Waals surface area contributed by atoms with Crippen LogP contribution in [0.15, 0.2) is 18.2 Å². The van der Waals surface area contributed by atoms with Crippen molar-refractivity contribution in [2.75, 3.05) is 11.9 Å². The Balaban J connectivity index is 3.02. The van der Waals surface area contributed by atoms with Crippen molar-refractivity contribution in [3.63, 3.8) is 0 Å². The molecule has 19 heavy (non-hydrogen) atoms. The highest BCUT2D eigenvalue weighted by Crippen LogP contribution is 2.25. The Hall–Kier alpha value is -2.02. The Labute approximate surface area is 109 Å². The first-order valence-corrected chi connectivity index (χ1v) is 5.79. The van der Waals surface area contributed by atoms with Gasteiger partial charge in [-0.3, -0.25) is 14.9 Å². The van der Waals surface area contributed by atoms with Gasteiger partial charge in [0.05, 0.1) is 16.0 Å². The van der Waals surface area contributed by atoms with Crippen LogP contribution in [0, 0.1) is 21.3 Å². The zero-order chi connectivity index (χ0) is 14.6. The normalized spacial score (nSPS) is 13.7. The van der Waals surface area contributed by atoms with Crippen LogP contribution in [-0.4, -0.2) is 17.4 Å². The highest BCUT2D eigenvalue weighted by molar-refractivity contribution is 5.95. The lowest BCUT2D eigenvalue weighted by molar-refractivity contribution is -0.384. The second kappa shape index (κ2) is 5.75. The number of nitrogens with zero attached hydrogens (tertiary/aromatic N) is 1. The zero-order valence-electron chi connectivity index (χ0n) is 10.8. The summed E-state index contributed by atoms with van der Waals surface area (Å²) in [5, 5.41) is 13.0. The van der Waals surface area contributed by atoms with E-state index in [1.54, 1.807) is 13.8 Å². The molecule has 1 amide bonds. The molecule has 1 unspecified atom stereocenters. The molecule has 0 radical (unpaired) electrons. The molecular weight excluding hydrogens is 253 g/mol. The predicted octanol–water partition coefficient (Wildman–Crippen LogP) is 2.05. The number of halogens is 1. The lowest BCUT2D eigenvalue weighted by Gasteiger charge is -2.24. The Morgan fingerprint density at radius 2 is 2.21 bits per heavy atom. The summed E-state index contributed by atoms with van der Waals surface area (Å²) < 4.78 is 13.5. The Morgan fingerprint density at radius 3 is 2.68 bits per heavy atom. The number of hydrogen-bond donors (Lipinski definition) is 2. The van der Waals surface area contributed by atoms with Gasteiger partial charge in [0.25, 0.3) is 5.69 Å². The first kappa shape index (κ1) is 15.0. The van der Waals surface area contributed by atoms with Crippen LogP contribution in [0.3, 0.4) is 0 Å². The maximum Gasteiger partial charge on any atom is 0.271 e. The van der Waals surface area contributed by atoms with Gasteiger partial charge in [0, 0.05) is 18.7 Å². The molecule has 3 N–H and O–H groups in total.